The molecule has 0 radical (unpaired) electrons. The SMILES string of the molecule is C/C=C/CC/C=C/C=C/C=C/C=C/C=C/C=C/c1cc(OC)cc(=O)o1. The van der Waals surface area contributed by atoms with Gasteiger partial charge in [0.15, 0.2) is 0 Å². The molecule has 0 fully saturated rings. The minimum absolute atomic E-state index is 0.432. The second-order valence-electron chi connectivity index (χ2n) is 5.19. The summed E-state index contributed by atoms with van der Waals surface area (Å²) < 4.78 is 10.1. The van der Waals surface area contributed by atoms with Gasteiger partial charge in [0.25, 0.3) is 0 Å². The number of allylic oxidation sites excluding steroid dienone is 13. The molecule has 136 valence electrons. The van der Waals surface area contributed by atoms with Crippen molar-refractivity contribution >= 4 is 6.08 Å². The molecule has 0 aliphatic heterocycles. The molecule has 1 aromatic heterocycles. The molecule has 0 aliphatic carbocycles. The first-order chi connectivity index (χ1) is 12.8. The monoisotopic (exact) mass is 350 g/mol. The van der Waals surface area contributed by atoms with Crippen LogP contribution in [0.1, 0.15) is 25.5 Å². The van der Waals surface area contributed by atoms with Crippen molar-refractivity contribution in [2.75, 3.05) is 7.11 Å². The lowest BCUT2D eigenvalue weighted by atomic mass is 10.2. The summed E-state index contributed by atoms with van der Waals surface area (Å²) in [6.07, 6.45) is 29.6. The zero-order chi connectivity index (χ0) is 18.9. The third kappa shape index (κ3) is 10.7. The van der Waals surface area contributed by atoms with Crippen LogP contribution < -0.4 is 10.4 Å². The Morgan fingerprint density at radius 1 is 0.846 bits per heavy atom. The van der Waals surface area contributed by atoms with Crippen LogP contribution in [0.15, 0.2) is 100 Å². The average Bonchev–Trinajstić information content (AvgIpc) is 2.64. The van der Waals surface area contributed by atoms with Crippen molar-refractivity contribution in [1.29, 1.82) is 0 Å². The summed E-state index contributed by atoms with van der Waals surface area (Å²) in [6.45, 7) is 2.04. The number of unbranched alkanes of at least 4 members (excludes halogenated alkanes) is 1. The van der Waals surface area contributed by atoms with Crippen molar-refractivity contribution in [2.24, 2.45) is 0 Å². The fourth-order valence-electron chi connectivity index (χ4n) is 1.87. The highest BCUT2D eigenvalue weighted by Gasteiger charge is 1.97. The summed E-state index contributed by atoms with van der Waals surface area (Å²) in [4.78, 5) is 11.3. The molecular formula is C23H26O3. The van der Waals surface area contributed by atoms with Crippen LogP contribution >= 0.6 is 0 Å². The van der Waals surface area contributed by atoms with Gasteiger partial charge in [-0.1, -0.05) is 79.0 Å². The topological polar surface area (TPSA) is 39.4 Å². The normalized spacial score (nSPS) is 13.2. The Morgan fingerprint density at radius 2 is 1.42 bits per heavy atom. The maximum atomic E-state index is 11.3. The Kier molecular flexibility index (Phi) is 11.5. The van der Waals surface area contributed by atoms with E-state index < -0.39 is 5.63 Å². The second kappa shape index (κ2) is 14.3. The van der Waals surface area contributed by atoms with E-state index in [4.69, 9.17) is 9.15 Å². The van der Waals surface area contributed by atoms with E-state index >= 15 is 0 Å². The van der Waals surface area contributed by atoms with Gasteiger partial charge in [-0.15, -0.1) is 0 Å². The first kappa shape index (κ1) is 21.0. The summed E-state index contributed by atoms with van der Waals surface area (Å²) >= 11 is 0. The van der Waals surface area contributed by atoms with Crippen molar-refractivity contribution in [3.63, 3.8) is 0 Å². The van der Waals surface area contributed by atoms with Gasteiger partial charge >= 0.3 is 5.63 Å². The number of hydrogen-bond acceptors (Lipinski definition) is 3. The maximum absolute atomic E-state index is 11.3. The molecule has 0 aliphatic rings. The number of rotatable bonds is 10. The number of ether oxygens (including phenoxy) is 1. The first-order valence-electron chi connectivity index (χ1n) is 8.56. The molecule has 0 aromatic carbocycles. The first-order valence-corrected chi connectivity index (χ1v) is 8.56. The van der Waals surface area contributed by atoms with Crippen LogP contribution in [-0.4, -0.2) is 7.11 Å². The predicted octanol–water partition coefficient (Wildman–Crippen LogP) is 5.80. The Balaban J connectivity index is 2.33. The Morgan fingerprint density at radius 3 is 2.04 bits per heavy atom. The third-order valence-corrected chi connectivity index (χ3v) is 3.13. The van der Waals surface area contributed by atoms with Crippen LogP contribution in [0.25, 0.3) is 6.08 Å². The highest BCUT2D eigenvalue weighted by atomic mass is 16.5. The van der Waals surface area contributed by atoms with E-state index in [1.54, 1.807) is 18.2 Å². The van der Waals surface area contributed by atoms with E-state index in [9.17, 15) is 4.79 Å². The van der Waals surface area contributed by atoms with Crippen LogP contribution in [-0.2, 0) is 0 Å². The van der Waals surface area contributed by atoms with E-state index in [1.165, 1.54) is 13.2 Å². The van der Waals surface area contributed by atoms with Gasteiger partial charge in [0, 0.05) is 6.07 Å². The minimum Gasteiger partial charge on any atom is -0.496 e. The van der Waals surface area contributed by atoms with E-state index in [-0.39, 0.29) is 0 Å². The molecule has 0 amide bonds. The van der Waals surface area contributed by atoms with E-state index in [1.807, 2.05) is 55.5 Å². The Labute approximate surface area is 155 Å². The van der Waals surface area contributed by atoms with Crippen LogP contribution in [0.4, 0.5) is 0 Å². The fourth-order valence-corrected chi connectivity index (χ4v) is 1.87. The van der Waals surface area contributed by atoms with Crippen LogP contribution in [0, 0.1) is 0 Å². The van der Waals surface area contributed by atoms with Gasteiger partial charge in [-0.05, 0) is 25.8 Å². The van der Waals surface area contributed by atoms with Crippen LogP contribution in [0.5, 0.6) is 5.75 Å². The predicted molar refractivity (Wildman–Crippen MR) is 110 cm³/mol. The van der Waals surface area contributed by atoms with Gasteiger partial charge in [-0.3, -0.25) is 0 Å². The van der Waals surface area contributed by atoms with Crippen molar-refractivity contribution in [3.8, 4) is 5.75 Å². The van der Waals surface area contributed by atoms with Gasteiger partial charge in [0.2, 0.25) is 0 Å². The van der Waals surface area contributed by atoms with Crippen LogP contribution in [0.3, 0.4) is 0 Å². The molecule has 0 saturated heterocycles. The van der Waals surface area contributed by atoms with Gasteiger partial charge < -0.3 is 9.15 Å². The lowest BCUT2D eigenvalue weighted by molar-refractivity contribution is 0.400. The molecule has 1 rings (SSSR count). The lowest BCUT2D eigenvalue weighted by Gasteiger charge is -1.97. The highest BCUT2D eigenvalue weighted by Crippen LogP contribution is 2.10. The smallest absolute Gasteiger partial charge is 0.339 e. The fraction of sp³-hybridized carbons (Fsp3) is 0.174. The Hall–Kier alpha value is -3.07. The van der Waals surface area contributed by atoms with Crippen LogP contribution in [0.2, 0.25) is 0 Å². The standard InChI is InChI=1S/C23H26O3/c1-3-4-5-6-7-8-9-10-11-12-13-14-15-16-17-18-21-19-22(25-2)20-23(24)26-21/h3-4,7-20H,5-6H2,1-2H3/b4-3+,8-7+,10-9+,12-11+,14-13+,16-15+,18-17+. The summed E-state index contributed by atoms with van der Waals surface area (Å²) in [5.41, 5.74) is -0.432. The zero-order valence-electron chi connectivity index (χ0n) is 15.4. The Bertz CT molecular complexity index is 769. The van der Waals surface area contributed by atoms with Gasteiger partial charge in [-0.25, -0.2) is 4.79 Å². The van der Waals surface area contributed by atoms with Gasteiger partial charge in [-0.2, -0.15) is 0 Å². The zero-order valence-corrected chi connectivity index (χ0v) is 15.4. The van der Waals surface area contributed by atoms with E-state index in [2.05, 4.69) is 24.3 Å². The summed E-state index contributed by atoms with van der Waals surface area (Å²) in [6, 6.07) is 2.96. The molecule has 0 bridgehead atoms. The molecule has 0 atom stereocenters. The van der Waals surface area contributed by atoms with Crippen molar-refractivity contribution < 1.29 is 9.15 Å². The average molecular weight is 350 g/mol. The van der Waals surface area contributed by atoms with Crippen molar-refractivity contribution in [1.82, 2.24) is 0 Å². The molecule has 0 spiro atoms. The number of hydrogen-bond donors (Lipinski definition) is 0. The summed E-state index contributed by atoms with van der Waals surface area (Å²) in [7, 11) is 1.51. The summed E-state index contributed by atoms with van der Waals surface area (Å²) in [5.74, 6) is 0.933. The second-order valence-corrected chi connectivity index (χ2v) is 5.19. The quantitative estimate of drug-likeness (QED) is 0.304. The third-order valence-electron chi connectivity index (χ3n) is 3.13. The molecule has 0 N–H and O–H groups in total. The molecule has 26 heavy (non-hydrogen) atoms. The number of methoxy groups -OCH3 is 1. The van der Waals surface area contributed by atoms with Crippen molar-refractivity contribution in [2.45, 2.75) is 19.8 Å². The maximum Gasteiger partial charge on any atom is 0.339 e. The van der Waals surface area contributed by atoms with Gasteiger partial charge in [0.05, 0.1) is 13.2 Å². The van der Waals surface area contributed by atoms with Crippen molar-refractivity contribution in [3.05, 3.63) is 107 Å². The van der Waals surface area contributed by atoms with E-state index in [0.717, 1.165) is 12.8 Å². The van der Waals surface area contributed by atoms with E-state index in [0.29, 0.717) is 11.5 Å². The highest BCUT2D eigenvalue weighted by molar-refractivity contribution is 5.47. The largest absolute Gasteiger partial charge is 0.496 e. The molecule has 3 heteroatoms. The summed E-state index contributed by atoms with van der Waals surface area (Å²) in [5, 5.41) is 0. The molecular weight excluding hydrogens is 324 g/mol. The van der Waals surface area contributed by atoms with Gasteiger partial charge in [0.1, 0.15) is 11.5 Å². The minimum atomic E-state index is -0.432. The molecule has 0 saturated carbocycles. The molecule has 3 nitrogen and oxygen atoms in total. The molecule has 1 aromatic rings. The lowest BCUT2D eigenvalue weighted by Crippen LogP contribution is -1.98. The molecule has 1 heterocycles. The molecule has 0 unspecified atom stereocenters.